The molecule has 0 bridgehead atoms. The van der Waals surface area contributed by atoms with Gasteiger partial charge < -0.3 is 4.90 Å². The average Bonchev–Trinajstić information content (AvgIpc) is 2.04. The fraction of sp³-hybridized carbons (Fsp3) is 0.273. The van der Waals surface area contributed by atoms with Crippen LogP contribution in [0.1, 0.15) is 11.5 Å². The largest absolute Gasteiger partial charge is 0.377 e. The van der Waals surface area contributed by atoms with Crippen LogP contribution in [0.25, 0.3) is 0 Å². The van der Waals surface area contributed by atoms with Crippen molar-refractivity contribution >= 4 is 0 Å². The van der Waals surface area contributed by atoms with Gasteiger partial charge in [0, 0.05) is 19.0 Å². The first-order valence-corrected chi connectivity index (χ1v) is 4.31. The Labute approximate surface area is 73.3 Å². The van der Waals surface area contributed by atoms with Crippen molar-refractivity contribution in [3.63, 3.8) is 0 Å². The third-order valence-corrected chi connectivity index (χ3v) is 2.44. The molecule has 1 aliphatic rings. The Balaban J connectivity index is 2.01. The molecule has 0 radical (unpaired) electrons. The van der Waals surface area contributed by atoms with Crippen LogP contribution in [-0.2, 0) is 0 Å². The Hall–Kier alpha value is -1.24. The smallest absolute Gasteiger partial charge is 0.0258 e. The summed E-state index contributed by atoms with van der Waals surface area (Å²) in [5, 5.41) is 0. The van der Waals surface area contributed by atoms with Gasteiger partial charge in [-0.3, -0.25) is 0 Å². The van der Waals surface area contributed by atoms with Gasteiger partial charge in [-0.2, -0.15) is 0 Å². The molecular weight excluding hydrogens is 146 g/mol. The first kappa shape index (κ1) is 7.41. The van der Waals surface area contributed by atoms with Crippen LogP contribution in [0.5, 0.6) is 0 Å². The van der Waals surface area contributed by atoms with Gasteiger partial charge in [-0.25, -0.2) is 0 Å². The van der Waals surface area contributed by atoms with Gasteiger partial charge in [0.15, 0.2) is 0 Å². The van der Waals surface area contributed by atoms with Crippen LogP contribution >= 0.6 is 0 Å². The van der Waals surface area contributed by atoms with Crippen molar-refractivity contribution in [1.82, 2.24) is 4.90 Å². The molecule has 0 atom stereocenters. The van der Waals surface area contributed by atoms with Crippen LogP contribution in [0.15, 0.2) is 43.1 Å². The third kappa shape index (κ3) is 1.22. The van der Waals surface area contributed by atoms with Gasteiger partial charge in [-0.15, -0.1) is 0 Å². The Morgan fingerprint density at radius 1 is 1.25 bits per heavy atom. The van der Waals surface area contributed by atoms with Gasteiger partial charge in [-0.05, 0) is 11.8 Å². The van der Waals surface area contributed by atoms with E-state index in [0.29, 0.717) is 0 Å². The van der Waals surface area contributed by atoms with Crippen molar-refractivity contribution in [1.29, 1.82) is 0 Å². The summed E-state index contributed by atoms with van der Waals surface area (Å²) < 4.78 is 0. The zero-order valence-electron chi connectivity index (χ0n) is 7.11. The lowest BCUT2D eigenvalue weighted by Gasteiger charge is -2.38. The van der Waals surface area contributed by atoms with Crippen LogP contribution in [0.2, 0.25) is 0 Å². The molecule has 1 aromatic carbocycles. The maximum atomic E-state index is 3.74. The maximum absolute atomic E-state index is 3.74. The lowest BCUT2D eigenvalue weighted by atomic mass is 9.92. The molecule has 0 aromatic heterocycles. The summed E-state index contributed by atoms with van der Waals surface area (Å²) in [6, 6.07) is 10.7. The van der Waals surface area contributed by atoms with Crippen molar-refractivity contribution in [2.75, 3.05) is 13.1 Å². The fourth-order valence-corrected chi connectivity index (χ4v) is 1.60. The molecule has 0 N–H and O–H groups in total. The van der Waals surface area contributed by atoms with Gasteiger partial charge >= 0.3 is 0 Å². The molecule has 1 aromatic rings. The van der Waals surface area contributed by atoms with Crippen LogP contribution in [-0.4, -0.2) is 18.0 Å². The molecule has 0 unspecified atom stereocenters. The Morgan fingerprint density at radius 3 is 2.50 bits per heavy atom. The SMILES string of the molecule is C=CN1CC(c2ccccc2)C1. The lowest BCUT2D eigenvalue weighted by Crippen LogP contribution is -2.40. The molecule has 1 heterocycles. The van der Waals surface area contributed by atoms with E-state index in [1.807, 2.05) is 6.20 Å². The molecule has 1 nitrogen and oxygen atoms in total. The van der Waals surface area contributed by atoms with E-state index < -0.39 is 0 Å². The number of hydrogen-bond acceptors (Lipinski definition) is 1. The molecule has 2 rings (SSSR count). The first-order valence-electron chi connectivity index (χ1n) is 4.31. The number of likely N-dealkylation sites (tertiary alicyclic amines) is 1. The average molecular weight is 159 g/mol. The highest BCUT2D eigenvalue weighted by atomic mass is 15.2. The fourth-order valence-electron chi connectivity index (χ4n) is 1.60. The van der Waals surface area contributed by atoms with Gasteiger partial charge in [0.25, 0.3) is 0 Å². The van der Waals surface area contributed by atoms with Crippen LogP contribution in [0, 0.1) is 0 Å². The molecule has 0 saturated carbocycles. The zero-order chi connectivity index (χ0) is 8.39. The number of nitrogens with zero attached hydrogens (tertiary/aromatic N) is 1. The van der Waals surface area contributed by atoms with Crippen LogP contribution < -0.4 is 0 Å². The first-order chi connectivity index (χ1) is 5.90. The molecule has 0 amide bonds. The minimum absolute atomic E-state index is 0.726. The molecule has 62 valence electrons. The molecule has 0 spiro atoms. The second-order valence-electron chi connectivity index (χ2n) is 3.24. The van der Waals surface area contributed by atoms with Gasteiger partial charge in [0.05, 0.1) is 0 Å². The predicted molar refractivity (Wildman–Crippen MR) is 51.0 cm³/mol. The third-order valence-electron chi connectivity index (χ3n) is 2.44. The standard InChI is InChI=1S/C11H13N/c1-2-12-8-11(9-12)10-6-4-3-5-7-10/h2-7,11H,1,8-9H2. The second-order valence-corrected chi connectivity index (χ2v) is 3.24. The molecule has 1 fully saturated rings. The monoisotopic (exact) mass is 159 g/mol. The molecular formula is C11H13N. The Kier molecular flexibility index (Phi) is 1.86. The quantitative estimate of drug-likeness (QED) is 0.639. The number of benzene rings is 1. The van der Waals surface area contributed by atoms with E-state index in [9.17, 15) is 0 Å². The molecule has 1 aliphatic heterocycles. The summed E-state index contributed by atoms with van der Waals surface area (Å²) in [5.74, 6) is 0.726. The van der Waals surface area contributed by atoms with Crippen molar-refractivity contribution < 1.29 is 0 Å². The van der Waals surface area contributed by atoms with Gasteiger partial charge in [-0.1, -0.05) is 36.9 Å². The van der Waals surface area contributed by atoms with E-state index in [1.54, 1.807) is 0 Å². The summed E-state index contributed by atoms with van der Waals surface area (Å²) in [5.41, 5.74) is 1.45. The van der Waals surface area contributed by atoms with E-state index >= 15 is 0 Å². The normalized spacial score (nSPS) is 17.2. The van der Waals surface area contributed by atoms with Crippen molar-refractivity contribution in [3.05, 3.63) is 48.7 Å². The Morgan fingerprint density at radius 2 is 1.92 bits per heavy atom. The van der Waals surface area contributed by atoms with Crippen molar-refractivity contribution in [2.24, 2.45) is 0 Å². The highest BCUT2D eigenvalue weighted by Crippen LogP contribution is 2.26. The Bertz CT molecular complexity index is 260. The molecule has 0 aliphatic carbocycles. The van der Waals surface area contributed by atoms with E-state index in [4.69, 9.17) is 0 Å². The van der Waals surface area contributed by atoms with E-state index in [1.165, 1.54) is 5.56 Å². The topological polar surface area (TPSA) is 3.24 Å². The lowest BCUT2D eigenvalue weighted by molar-refractivity contribution is 0.221. The highest BCUT2D eigenvalue weighted by Gasteiger charge is 2.24. The molecule has 12 heavy (non-hydrogen) atoms. The second kappa shape index (κ2) is 3.02. The minimum Gasteiger partial charge on any atom is -0.377 e. The molecule has 1 saturated heterocycles. The number of hydrogen-bond donors (Lipinski definition) is 0. The summed E-state index contributed by atoms with van der Waals surface area (Å²) in [6.45, 7) is 6.00. The van der Waals surface area contributed by atoms with E-state index in [0.717, 1.165) is 19.0 Å². The van der Waals surface area contributed by atoms with Crippen LogP contribution in [0.3, 0.4) is 0 Å². The van der Waals surface area contributed by atoms with Crippen molar-refractivity contribution in [2.45, 2.75) is 5.92 Å². The molecule has 1 heteroatoms. The predicted octanol–water partition coefficient (Wildman–Crippen LogP) is 2.23. The minimum atomic E-state index is 0.726. The van der Waals surface area contributed by atoms with E-state index in [-0.39, 0.29) is 0 Å². The summed E-state index contributed by atoms with van der Waals surface area (Å²) in [4.78, 5) is 2.23. The maximum Gasteiger partial charge on any atom is 0.0258 e. The summed E-state index contributed by atoms with van der Waals surface area (Å²) >= 11 is 0. The zero-order valence-corrected chi connectivity index (χ0v) is 7.11. The highest BCUT2D eigenvalue weighted by molar-refractivity contribution is 5.23. The van der Waals surface area contributed by atoms with E-state index in [2.05, 4.69) is 41.8 Å². The summed E-state index contributed by atoms with van der Waals surface area (Å²) in [7, 11) is 0. The summed E-state index contributed by atoms with van der Waals surface area (Å²) in [6.07, 6.45) is 1.92. The van der Waals surface area contributed by atoms with Gasteiger partial charge in [0.2, 0.25) is 0 Å². The van der Waals surface area contributed by atoms with Gasteiger partial charge in [0.1, 0.15) is 0 Å². The van der Waals surface area contributed by atoms with Crippen molar-refractivity contribution in [3.8, 4) is 0 Å². The van der Waals surface area contributed by atoms with Crippen LogP contribution in [0.4, 0.5) is 0 Å². The number of rotatable bonds is 2.